The molecule has 0 aromatic heterocycles. The van der Waals surface area contributed by atoms with Gasteiger partial charge in [-0.3, -0.25) is 4.79 Å². The molecule has 1 aliphatic rings. The van der Waals surface area contributed by atoms with E-state index in [-0.39, 0.29) is 11.6 Å². The van der Waals surface area contributed by atoms with Crippen LogP contribution in [-0.2, 0) is 6.42 Å². The van der Waals surface area contributed by atoms with Crippen molar-refractivity contribution in [3.63, 3.8) is 0 Å². The molecule has 1 aromatic rings. The molecule has 2 nitrogen and oxygen atoms in total. The second-order valence-electron chi connectivity index (χ2n) is 4.62. The van der Waals surface area contributed by atoms with Crippen LogP contribution >= 0.6 is 15.9 Å². The van der Waals surface area contributed by atoms with Crippen LogP contribution in [0.4, 0.5) is 4.39 Å². The van der Waals surface area contributed by atoms with E-state index in [0.29, 0.717) is 27.8 Å². The maximum atomic E-state index is 13.7. The van der Waals surface area contributed by atoms with Crippen LogP contribution < -0.4 is 4.74 Å². The standard InChI is InChI=1S/C12H12BrFO2/c1-12(2)5-6-8(14)4-7(13)10(16-3)9(6)11(12)15/h4H,5H2,1-3H3. The Morgan fingerprint density at radius 1 is 1.50 bits per heavy atom. The maximum Gasteiger partial charge on any atom is 0.172 e. The summed E-state index contributed by atoms with van der Waals surface area (Å²) in [4.78, 5) is 12.1. The van der Waals surface area contributed by atoms with E-state index in [1.165, 1.54) is 13.2 Å². The minimum atomic E-state index is -0.544. The molecule has 0 bridgehead atoms. The molecule has 1 aliphatic carbocycles. The number of hydrogen-bond acceptors (Lipinski definition) is 2. The third-order valence-corrected chi connectivity index (χ3v) is 3.54. The van der Waals surface area contributed by atoms with Gasteiger partial charge in [0.2, 0.25) is 0 Å². The lowest BCUT2D eigenvalue weighted by atomic mass is 9.89. The van der Waals surface area contributed by atoms with Crippen LogP contribution in [0.3, 0.4) is 0 Å². The van der Waals surface area contributed by atoms with Crippen molar-refractivity contribution in [3.05, 3.63) is 27.5 Å². The van der Waals surface area contributed by atoms with Gasteiger partial charge in [-0.2, -0.15) is 0 Å². The van der Waals surface area contributed by atoms with Crippen molar-refractivity contribution in [1.29, 1.82) is 0 Å². The fourth-order valence-electron chi connectivity index (χ4n) is 2.11. The largest absolute Gasteiger partial charge is 0.495 e. The quantitative estimate of drug-likeness (QED) is 0.791. The van der Waals surface area contributed by atoms with Crippen LogP contribution in [0.2, 0.25) is 0 Å². The summed E-state index contributed by atoms with van der Waals surface area (Å²) in [6, 6.07) is 1.35. The van der Waals surface area contributed by atoms with Crippen LogP contribution in [0, 0.1) is 11.2 Å². The minimum Gasteiger partial charge on any atom is -0.495 e. The summed E-state index contributed by atoms with van der Waals surface area (Å²) in [5.74, 6) is 0.0353. The average Bonchev–Trinajstić information content (AvgIpc) is 2.42. The van der Waals surface area contributed by atoms with E-state index in [4.69, 9.17) is 4.74 Å². The normalized spacial score (nSPS) is 17.4. The van der Waals surface area contributed by atoms with Crippen LogP contribution in [-0.4, -0.2) is 12.9 Å². The third kappa shape index (κ3) is 1.47. The average molecular weight is 287 g/mol. The van der Waals surface area contributed by atoms with Crippen LogP contribution in [0.5, 0.6) is 5.75 Å². The first-order valence-electron chi connectivity index (χ1n) is 4.98. The zero-order valence-corrected chi connectivity index (χ0v) is 10.9. The molecular formula is C12H12BrFO2. The molecule has 0 radical (unpaired) electrons. The molecule has 16 heavy (non-hydrogen) atoms. The Balaban J connectivity index is 2.75. The van der Waals surface area contributed by atoms with Gasteiger partial charge in [-0.15, -0.1) is 0 Å². The predicted octanol–water partition coefficient (Wildman–Crippen LogP) is 3.36. The number of rotatable bonds is 1. The fourth-order valence-corrected chi connectivity index (χ4v) is 2.67. The predicted molar refractivity (Wildman–Crippen MR) is 62.5 cm³/mol. The highest BCUT2D eigenvalue weighted by Gasteiger charge is 2.42. The summed E-state index contributed by atoms with van der Waals surface area (Å²) in [5, 5.41) is 0. The number of methoxy groups -OCH3 is 1. The van der Waals surface area contributed by atoms with Crippen LogP contribution in [0.1, 0.15) is 29.8 Å². The third-order valence-electron chi connectivity index (χ3n) is 2.95. The topological polar surface area (TPSA) is 26.3 Å². The van der Waals surface area contributed by atoms with Gasteiger partial charge in [0.1, 0.15) is 11.6 Å². The lowest BCUT2D eigenvalue weighted by molar-refractivity contribution is 0.0861. The van der Waals surface area contributed by atoms with E-state index < -0.39 is 5.41 Å². The second kappa shape index (κ2) is 3.55. The highest BCUT2D eigenvalue weighted by atomic mass is 79.9. The van der Waals surface area contributed by atoms with Crippen LogP contribution in [0.25, 0.3) is 0 Å². The van der Waals surface area contributed by atoms with Crippen molar-refractivity contribution >= 4 is 21.7 Å². The van der Waals surface area contributed by atoms with Gasteiger partial charge in [0, 0.05) is 11.0 Å². The number of benzene rings is 1. The molecule has 0 unspecified atom stereocenters. The zero-order valence-electron chi connectivity index (χ0n) is 9.36. The van der Waals surface area contributed by atoms with Crippen molar-refractivity contribution in [3.8, 4) is 5.75 Å². The molecule has 0 saturated heterocycles. The first-order valence-corrected chi connectivity index (χ1v) is 5.77. The number of carbonyl (C=O) groups excluding carboxylic acids is 1. The molecular weight excluding hydrogens is 275 g/mol. The molecule has 86 valence electrons. The Hall–Kier alpha value is -0.900. The van der Waals surface area contributed by atoms with Gasteiger partial charge >= 0.3 is 0 Å². The summed E-state index contributed by atoms with van der Waals surface area (Å²) in [6.45, 7) is 3.64. The summed E-state index contributed by atoms with van der Waals surface area (Å²) in [6.07, 6.45) is 0.427. The Labute approximate surface area is 102 Å². The van der Waals surface area contributed by atoms with E-state index in [1.807, 2.05) is 13.8 Å². The lowest BCUT2D eigenvalue weighted by Crippen LogP contribution is -2.19. The first kappa shape index (κ1) is 11.6. The Bertz CT molecular complexity index is 480. The van der Waals surface area contributed by atoms with Gasteiger partial charge in [-0.1, -0.05) is 13.8 Å². The molecule has 0 amide bonds. The van der Waals surface area contributed by atoms with Crippen molar-refractivity contribution in [2.75, 3.05) is 7.11 Å². The maximum absolute atomic E-state index is 13.7. The monoisotopic (exact) mass is 286 g/mol. The van der Waals surface area contributed by atoms with Gasteiger partial charge in [0.25, 0.3) is 0 Å². The number of Topliss-reactive ketones (excluding diaryl/α,β-unsaturated/α-hetero) is 1. The van der Waals surface area contributed by atoms with E-state index >= 15 is 0 Å². The van der Waals surface area contributed by atoms with Crippen molar-refractivity contribution in [2.24, 2.45) is 5.41 Å². The SMILES string of the molecule is COc1c(Br)cc(F)c2c1C(=O)C(C)(C)C2. The molecule has 1 aromatic carbocycles. The number of ether oxygens (including phenoxy) is 1. The van der Waals surface area contributed by atoms with E-state index in [2.05, 4.69) is 15.9 Å². The molecule has 0 fully saturated rings. The summed E-state index contributed by atoms with van der Waals surface area (Å²) < 4.78 is 19.4. The Morgan fingerprint density at radius 2 is 2.12 bits per heavy atom. The molecule has 4 heteroatoms. The van der Waals surface area contributed by atoms with E-state index in [0.717, 1.165) is 0 Å². The Morgan fingerprint density at radius 3 is 2.69 bits per heavy atom. The number of carbonyl (C=O) groups is 1. The summed E-state index contributed by atoms with van der Waals surface area (Å²) >= 11 is 3.21. The van der Waals surface area contributed by atoms with Gasteiger partial charge < -0.3 is 4.74 Å². The van der Waals surface area contributed by atoms with Gasteiger partial charge in [-0.25, -0.2) is 4.39 Å². The molecule has 0 aliphatic heterocycles. The molecule has 0 N–H and O–H groups in total. The first-order chi connectivity index (χ1) is 7.38. The summed E-state index contributed by atoms with van der Waals surface area (Å²) in [5.41, 5.74) is 0.312. The number of halogens is 2. The van der Waals surface area contributed by atoms with Crippen molar-refractivity contribution in [2.45, 2.75) is 20.3 Å². The van der Waals surface area contributed by atoms with E-state index in [9.17, 15) is 9.18 Å². The van der Waals surface area contributed by atoms with Crippen LogP contribution in [0.15, 0.2) is 10.5 Å². The lowest BCUT2D eigenvalue weighted by Gasteiger charge is -2.13. The van der Waals surface area contributed by atoms with Crippen molar-refractivity contribution in [1.82, 2.24) is 0 Å². The molecule has 0 atom stereocenters. The molecule has 0 heterocycles. The molecule has 0 spiro atoms. The highest BCUT2D eigenvalue weighted by Crippen LogP contribution is 2.44. The zero-order chi connectivity index (χ0) is 12.1. The van der Waals surface area contributed by atoms with Gasteiger partial charge in [-0.05, 0) is 28.4 Å². The van der Waals surface area contributed by atoms with Gasteiger partial charge in [0.05, 0.1) is 17.1 Å². The fraction of sp³-hybridized carbons (Fsp3) is 0.417. The summed E-state index contributed by atoms with van der Waals surface area (Å²) in [7, 11) is 1.48. The molecule has 2 rings (SSSR count). The highest BCUT2D eigenvalue weighted by molar-refractivity contribution is 9.10. The molecule has 0 saturated carbocycles. The van der Waals surface area contributed by atoms with Crippen molar-refractivity contribution < 1.29 is 13.9 Å². The Kier molecular flexibility index (Phi) is 2.57. The number of hydrogen-bond donors (Lipinski definition) is 0. The second-order valence-corrected chi connectivity index (χ2v) is 5.47. The number of ketones is 1. The number of fused-ring (bicyclic) bond motifs is 1. The van der Waals surface area contributed by atoms with E-state index in [1.54, 1.807) is 0 Å². The van der Waals surface area contributed by atoms with Gasteiger partial charge in [0.15, 0.2) is 5.78 Å². The smallest absolute Gasteiger partial charge is 0.172 e. The minimum absolute atomic E-state index is 0.0560.